The maximum absolute atomic E-state index is 14.1. The zero-order chi connectivity index (χ0) is 34.6. The second-order valence-corrected chi connectivity index (χ2v) is 14.5. The standard InChI is InChI=1S/C38H50N4O5S/c1-28(2)33(35(44)39-21-22-42-23-25-46-26-24-42)41-34(43)32(40-36(45)47-37(3,4)5)27-48-38(29-15-9-6-10-16-29,30-17-11-7-12-18-30)31-19-13-8-14-20-31/h6-20,28,32-33H,21-27H2,1-5H3,(H,39,44)(H,40,45)(H,41,43)/t32-,33-/m0/s1. The molecule has 3 aromatic carbocycles. The molecule has 0 spiro atoms. The van der Waals surface area contributed by atoms with E-state index in [1.54, 1.807) is 32.5 Å². The number of hydrogen-bond donors (Lipinski definition) is 3. The summed E-state index contributed by atoms with van der Waals surface area (Å²) in [6.07, 6.45) is -0.705. The lowest BCUT2D eigenvalue weighted by Crippen LogP contribution is -2.57. The number of benzene rings is 3. The summed E-state index contributed by atoms with van der Waals surface area (Å²) in [7, 11) is 0. The summed E-state index contributed by atoms with van der Waals surface area (Å²) in [4.78, 5) is 42.9. The second kappa shape index (κ2) is 17.5. The average Bonchev–Trinajstić information content (AvgIpc) is 3.07. The van der Waals surface area contributed by atoms with Crippen LogP contribution in [0.3, 0.4) is 0 Å². The van der Waals surface area contributed by atoms with Crippen molar-refractivity contribution in [3.8, 4) is 0 Å². The van der Waals surface area contributed by atoms with Crippen LogP contribution < -0.4 is 16.0 Å². The summed E-state index contributed by atoms with van der Waals surface area (Å²) in [5.41, 5.74) is 2.33. The van der Waals surface area contributed by atoms with Gasteiger partial charge in [0.25, 0.3) is 0 Å². The van der Waals surface area contributed by atoms with Gasteiger partial charge in [-0.1, -0.05) is 105 Å². The third kappa shape index (κ3) is 10.3. The van der Waals surface area contributed by atoms with Crippen LogP contribution in [0.5, 0.6) is 0 Å². The van der Waals surface area contributed by atoms with Gasteiger partial charge < -0.3 is 25.4 Å². The lowest BCUT2D eigenvalue weighted by Gasteiger charge is -2.36. The monoisotopic (exact) mass is 674 g/mol. The number of carbonyl (C=O) groups is 3. The van der Waals surface area contributed by atoms with Crippen molar-refractivity contribution in [2.24, 2.45) is 5.92 Å². The van der Waals surface area contributed by atoms with E-state index < -0.39 is 34.4 Å². The number of alkyl carbamates (subject to hydrolysis) is 1. The van der Waals surface area contributed by atoms with Gasteiger partial charge in [0.15, 0.2) is 0 Å². The molecule has 3 aromatic rings. The Balaban J connectivity index is 1.62. The fourth-order valence-electron chi connectivity index (χ4n) is 5.67. The van der Waals surface area contributed by atoms with E-state index in [4.69, 9.17) is 9.47 Å². The topological polar surface area (TPSA) is 109 Å². The number of rotatable bonds is 14. The van der Waals surface area contributed by atoms with E-state index in [-0.39, 0.29) is 17.6 Å². The molecule has 258 valence electrons. The fourth-order valence-corrected chi connectivity index (χ4v) is 7.23. The zero-order valence-corrected chi connectivity index (χ0v) is 29.6. The smallest absolute Gasteiger partial charge is 0.408 e. The van der Waals surface area contributed by atoms with Crippen molar-refractivity contribution < 1.29 is 23.9 Å². The van der Waals surface area contributed by atoms with Crippen molar-refractivity contribution in [3.05, 3.63) is 108 Å². The van der Waals surface area contributed by atoms with Crippen LogP contribution in [0.4, 0.5) is 4.79 Å². The Morgan fingerprint density at radius 2 is 1.29 bits per heavy atom. The van der Waals surface area contributed by atoms with Gasteiger partial charge in [-0.15, -0.1) is 11.8 Å². The molecule has 4 rings (SSSR count). The predicted octanol–water partition coefficient (Wildman–Crippen LogP) is 5.19. The molecule has 0 bridgehead atoms. The van der Waals surface area contributed by atoms with Crippen LogP contribution in [-0.2, 0) is 23.8 Å². The normalized spacial score (nSPS) is 15.3. The van der Waals surface area contributed by atoms with Crippen molar-refractivity contribution >= 4 is 29.7 Å². The van der Waals surface area contributed by atoms with Gasteiger partial charge in [0.1, 0.15) is 17.7 Å². The van der Waals surface area contributed by atoms with Crippen LogP contribution in [0.2, 0.25) is 0 Å². The van der Waals surface area contributed by atoms with E-state index in [0.717, 1.165) is 29.8 Å². The number of thioether (sulfide) groups is 1. The first-order valence-corrected chi connectivity index (χ1v) is 17.7. The SMILES string of the molecule is CC(C)[C@H](NC(=O)[C@H](CSC(c1ccccc1)(c1ccccc1)c1ccccc1)NC(=O)OC(C)(C)C)C(=O)NCCN1CCOCC1. The van der Waals surface area contributed by atoms with E-state index in [1.807, 2.05) is 68.4 Å². The van der Waals surface area contributed by atoms with Crippen LogP contribution in [0, 0.1) is 5.92 Å². The summed E-state index contributed by atoms with van der Waals surface area (Å²) < 4.78 is 10.3. The largest absolute Gasteiger partial charge is 0.444 e. The van der Waals surface area contributed by atoms with E-state index in [0.29, 0.717) is 26.3 Å². The summed E-state index contributed by atoms with van der Waals surface area (Å²) >= 11 is 1.55. The van der Waals surface area contributed by atoms with Crippen molar-refractivity contribution in [2.75, 3.05) is 45.1 Å². The average molecular weight is 675 g/mol. The molecule has 10 heteroatoms. The van der Waals surface area contributed by atoms with Crippen molar-refractivity contribution in [1.82, 2.24) is 20.9 Å². The van der Waals surface area contributed by atoms with Gasteiger partial charge in [0, 0.05) is 31.9 Å². The Morgan fingerprint density at radius 3 is 1.75 bits per heavy atom. The molecule has 0 unspecified atom stereocenters. The third-order valence-electron chi connectivity index (χ3n) is 8.09. The molecule has 2 atom stereocenters. The van der Waals surface area contributed by atoms with Crippen LogP contribution in [-0.4, -0.2) is 85.6 Å². The van der Waals surface area contributed by atoms with Gasteiger partial charge in [-0.3, -0.25) is 14.5 Å². The van der Waals surface area contributed by atoms with Crippen LogP contribution in [0.1, 0.15) is 51.3 Å². The van der Waals surface area contributed by atoms with E-state index in [9.17, 15) is 14.4 Å². The summed E-state index contributed by atoms with van der Waals surface area (Å²) in [5.74, 6) is -0.724. The van der Waals surface area contributed by atoms with Crippen LogP contribution in [0.15, 0.2) is 91.0 Å². The van der Waals surface area contributed by atoms with Gasteiger partial charge in [0.05, 0.1) is 18.0 Å². The lowest BCUT2D eigenvalue weighted by atomic mass is 9.84. The highest BCUT2D eigenvalue weighted by atomic mass is 32.2. The number of nitrogens with one attached hydrogen (secondary N) is 3. The number of hydrogen-bond acceptors (Lipinski definition) is 7. The first-order valence-electron chi connectivity index (χ1n) is 16.7. The minimum Gasteiger partial charge on any atom is -0.444 e. The van der Waals surface area contributed by atoms with Gasteiger partial charge in [-0.2, -0.15) is 0 Å². The fraction of sp³-hybridized carbons (Fsp3) is 0.447. The quantitative estimate of drug-likeness (QED) is 0.202. The number of nitrogens with zero attached hydrogens (tertiary/aromatic N) is 1. The molecular weight excluding hydrogens is 625 g/mol. The second-order valence-electron chi connectivity index (χ2n) is 13.3. The first kappa shape index (κ1) is 37.0. The third-order valence-corrected chi connectivity index (χ3v) is 9.73. The van der Waals surface area contributed by atoms with Crippen LogP contribution >= 0.6 is 11.8 Å². The molecule has 1 heterocycles. The Kier molecular flexibility index (Phi) is 13.5. The van der Waals surface area contributed by atoms with E-state index >= 15 is 0 Å². The Morgan fingerprint density at radius 1 is 0.792 bits per heavy atom. The van der Waals surface area contributed by atoms with E-state index in [1.165, 1.54) is 0 Å². The molecule has 0 radical (unpaired) electrons. The molecule has 9 nitrogen and oxygen atoms in total. The van der Waals surface area contributed by atoms with Gasteiger partial charge in [-0.05, 0) is 43.4 Å². The van der Waals surface area contributed by atoms with Crippen molar-refractivity contribution in [1.29, 1.82) is 0 Å². The van der Waals surface area contributed by atoms with Gasteiger partial charge in [0.2, 0.25) is 11.8 Å². The minimum atomic E-state index is -1.01. The molecule has 0 aliphatic carbocycles. The molecule has 1 aliphatic heterocycles. The Labute approximate surface area is 289 Å². The number of morpholine rings is 1. The minimum absolute atomic E-state index is 0.188. The number of carbonyl (C=O) groups excluding carboxylic acids is 3. The van der Waals surface area contributed by atoms with Gasteiger partial charge in [-0.25, -0.2) is 4.79 Å². The highest BCUT2D eigenvalue weighted by molar-refractivity contribution is 8.00. The molecule has 1 fully saturated rings. The summed E-state index contributed by atoms with van der Waals surface area (Å²) in [6, 6.07) is 28.7. The first-order chi connectivity index (χ1) is 23.0. The molecule has 1 saturated heterocycles. The summed E-state index contributed by atoms with van der Waals surface area (Å²) in [6.45, 7) is 13.3. The Bertz CT molecular complexity index is 1350. The molecule has 1 aliphatic rings. The molecule has 3 amide bonds. The molecule has 0 saturated carbocycles. The van der Waals surface area contributed by atoms with Gasteiger partial charge >= 0.3 is 6.09 Å². The Hall–Kier alpha value is -3.86. The maximum atomic E-state index is 14.1. The zero-order valence-electron chi connectivity index (χ0n) is 28.7. The van der Waals surface area contributed by atoms with Crippen molar-refractivity contribution in [3.63, 3.8) is 0 Å². The molecular formula is C38H50N4O5S. The van der Waals surface area contributed by atoms with Crippen molar-refractivity contribution in [2.45, 2.75) is 57.1 Å². The molecule has 0 aromatic heterocycles. The van der Waals surface area contributed by atoms with Crippen LogP contribution in [0.25, 0.3) is 0 Å². The number of ether oxygens (including phenoxy) is 2. The maximum Gasteiger partial charge on any atom is 0.408 e. The predicted molar refractivity (Wildman–Crippen MR) is 192 cm³/mol. The highest BCUT2D eigenvalue weighted by Crippen LogP contribution is 2.48. The number of amides is 3. The van der Waals surface area contributed by atoms with E-state index in [2.05, 4.69) is 57.2 Å². The molecule has 3 N–H and O–H groups in total. The molecule has 48 heavy (non-hydrogen) atoms. The summed E-state index contributed by atoms with van der Waals surface area (Å²) in [5, 5.41) is 8.78. The highest BCUT2D eigenvalue weighted by Gasteiger charge is 2.39. The lowest BCUT2D eigenvalue weighted by molar-refractivity contribution is -0.130.